The van der Waals surface area contributed by atoms with Crippen LogP contribution in [-0.2, 0) is 6.54 Å². The van der Waals surface area contributed by atoms with E-state index in [1.54, 1.807) is 6.20 Å². The fraction of sp³-hybridized carbons (Fsp3) is 0.273. The highest BCUT2D eigenvalue weighted by molar-refractivity contribution is 5.28. The Morgan fingerprint density at radius 2 is 2.27 bits per heavy atom. The summed E-state index contributed by atoms with van der Waals surface area (Å²) in [6.45, 7) is 2.89. The van der Waals surface area contributed by atoms with Crippen molar-refractivity contribution in [2.45, 2.75) is 13.5 Å². The van der Waals surface area contributed by atoms with Crippen LogP contribution in [0.2, 0.25) is 0 Å². The lowest BCUT2D eigenvalue weighted by Crippen LogP contribution is -2.05. The second kappa shape index (κ2) is 4.13. The van der Waals surface area contributed by atoms with E-state index in [0.29, 0.717) is 0 Å². The average molecular weight is 202 g/mol. The van der Waals surface area contributed by atoms with Gasteiger partial charge in [0.25, 0.3) is 0 Å². The molecule has 2 rings (SSSR count). The standard InChI is InChI=1S/C11H14N4/c1-9-7-13-4-3-10(9)8-15-6-5-14-11(15)12-2/h3-7H,8H2,1-2H3,(H,12,14). The number of nitrogens with one attached hydrogen (secondary N) is 1. The molecule has 0 amide bonds. The van der Waals surface area contributed by atoms with Gasteiger partial charge in [-0.25, -0.2) is 4.98 Å². The topological polar surface area (TPSA) is 42.7 Å². The van der Waals surface area contributed by atoms with Crippen molar-refractivity contribution in [2.75, 3.05) is 12.4 Å². The quantitative estimate of drug-likeness (QED) is 0.823. The molecule has 78 valence electrons. The molecule has 4 heteroatoms. The second-order valence-electron chi connectivity index (χ2n) is 3.43. The third kappa shape index (κ3) is 1.98. The number of anilines is 1. The van der Waals surface area contributed by atoms with Crippen molar-refractivity contribution >= 4 is 5.95 Å². The number of nitrogens with zero attached hydrogens (tertiary/aromatic N) is 3. The van der Waals surface area contributed by atoms with E-state index in [-0.39, 0.29) is 0 Å². The lowest BCUT2D eigenvalue weighted by Gasteiger charge is -2.08. The van der Waals surface area contributed by atoms with Crippen LogP contribution in [0.4, 0.5) is 5.95 Å². The van der Waals surface area contributed by atoms with Crippen molar-refractivity contribution in [3.63, 3.8) is 0 Å². The molecule has 0 aliphatic carbocycles. The molecule has 0 radical (unpaired) electrons. The largest absolute Gasteiger partial charge is 0.359 e. The summed E-state index contributed by atoms with van der Waals surface area (Å²) in [5.74, 6) is 0.881. The number of hydrogen-bond donors (Lipinski definition) is 1. The summed E-state index contributed by atoms with van der Waals surface area (Å²) in [5, 5.41) is 3.05. The average Bonchev–Trinajstić information content (AvgIpc) is 2.69. The molecule has 1 N–H and O–H groups in total. The molecule has 0 spiro atoms. The first-order chi connectivity index (χ1) is 7.31. The van der Waals surface area contributed by atoms with Crippen LogP contribution in [0.1, 0.15) is 11.1 Å². The van der Waals surface area contributed by atoms with Crippen molar-refractivity contribution in [1.29, 1.82) is 0 Å². The maximum atomic E-state index is 4.20. The first-order valence-electron chi connectivity index (χ1n) is 4.89. The highest BCUT2D eigenvalue weighted by atomic mass is 15.2. The van der Waals surface area contributed by atoms with Gasteiger partial charge in [0.15, 0.2) is 0 Å². The molecule has 2 aromatic rings. The highest BCUT2D eigenvalue weighted by Crippen LogP contribution is 2.11. The third-order valence-electron chi connectivity index (χ3n) is 2.42. The normalized spacial score (nSPS) is 10.3. The van der Waals surface area contributed by atoms with E-state index in [4.69, 9.17) is 0 Å². The van der Waals surface area contributed by atoms with E-state index in [2.05, 4.69) is 26.8 Å². The smallest absolute Gasteiger partial charge is 0.202 e. The van der Waals surface area contributed by atoms with Crippen molar-refractivity contribution < 1.29 is 0 Å². The molecule has 0 aliphatic rings. The van der Waals surface area contributed by atoms with E-state index in [9.17, 15) is 0 Å². The van der Waals surface area contributed by atoms with Crippen LogP contribution < -0.4 is 5.32 Å². The van der Waals surface area contributed by atoms with Gasteiger partial charge in [-0.2, -0.15) is 0 Å². The predicted molar refractivity (Wildman–Crippen MR) is 59.8 cm³/mol. The predicted octanol–water partition coefficient (Wildman–Crippen LogP) is 1.68. The molecule has 4 nitrogen and oxygen atoms in total. The van der Waals surface area contributed by atoms with Crippen LogP contribution in [0, 0.1) is 6.92 Å². The second-order valence-corrected chi connectivity index (χ2v) is 3.43. The van der Waals surface area contributed by atoms with E-state index < -0.39 is 0 Å². The van der Waals surface area contributed by atoms with Gasteiger partial charge < -0.3 is 9.88 Å². The lowest BCUT2D eigenvalue weighted by atomic mass is 10.1. The third-order valence-corrected chi connectivity index (χ3v) is 2.42. The number of hydrogen-bond acceptors (Lipinski definition) is 3. The molecular formula is C11H14N4. The molecule has 0 bridgehead atoms. The van der Waals surface area contributed by atoms with E-state index in [1.807, 2.05) is 31.7 Å². The maximum Gasteiger partial charge on any atom is 0.202 e. The summed E-state index contributed by atoms with van der Waals surface area (Å²) in [5.41, 5.74) is 2.47. The van der Waals surface area contributed by atoms with Crippen LogP contribution in [0.5, 0.6) is 0 Å². The van der Waals surface area contributed by atoms with Gasteiger partial charge in [0, 0.05) is 31.8 Å². The van der Waals surface area contributed by atoms with Crippen LogP contribution in [0.15, 0.2) is 30.9 Å². The Balaban J connectivity index is 2.26. The Labute approximate surface area is 89.0 Å². The highest BCUT2D eigenvalue weighted by Gasteiger charge is 2.02. The van der Waals surface area contributed by atoms with Gasteiger partial charge in [-0.3, -0.25) is 4.98 Å². The molecular weight excluding hydrogens is 188 g/mol. The van der Waals surface area contributed by atoms with Gasteiger partial charge in [-0.15, -0.1) is 0 Å². The zero-order valence-corrected chi connectivity index (χ0v) is 8.94. The monoisotopic (exact) mass is 202 g/mol. The first kappa shape index (κ1) is 9.71. The summed E-state index contributed by atoms with van der Waals surface area (Å²) < 4.78 is 2.07. The minimum absolute atomic E-state index is 0.824. The van der Waals surface area contributed by atoms with Crippen LogP contribution in [0.25, 0.3) is 0 Å². The molecule has 0 saturated carbocycles. The number of imidazole rings is 1. The molecule has 15 heavy (non-hydrogen) atoms. The fourth-order valence-corrected chi connectivity index (χ4v) is 1.53. The molecule has 0 unspecified atom stereocenters. The van der Waals surface area contributed by atoms with E-state index in [1.165, 1.54) is 11.1 Å². The van der Waals surface area contributed by atoms with Crippen molar-refractivity contribution in [1.82, 2.24) is 14.5 Å². The Morgan fingerprint density at radius 3 is 3.00 bits per heavy atom. The number of aromatic nitrogens is 3. The van der Waals surface area contributed by atoms with E-state index >= 15 is 0 Å². The molecule has 2 aromatic heterocycles. The zero-order chi connectivity index (χ0) is 10.7. The minimum atomic E-state index is 0.824. The summed E-state index contributed by atoms with van der Waals surface area (Å²) in [6, 6.07) is 2.04. The summed E-state index contributed by atoms with van der Waals surface area (Å²) in [7, 11) is 1.87. The Bertz CT molecular complexity index is 447. The van der Waals surface area contributed by atoms with Crippen LogP contribution in [-0.4, -0.2) is 21.6 Å². The molecule has 0 aliphatic heterocycles. The van der Waals surface area contributed by atoms with Crippen molar-refractivity contribution in [3.8, 4) is 0 Å². The SMILES string of the molecule is CNc1nccn1Cc1ccncc1C. The van der Waals surface area contributed by atoms with Gasteiger partial charge in [-0.1, -0.05) is 0 Å². The Morgan fingerprint density at radius 1 is 1.40 bits per heavy atom. The van der Waals surface area contributed by atoms with Gasteiger partial charge >= 0.3 is 0 Å². The van der Waals surface area contributed by atoms with Gasteiger partial charge in [0.2, 0.25) is 5.95 Å². The van der Waals surface area contributed by atoms with Gasteiger partial charge in [0.1, 0.15) is 0 Å². The van der Waals surface area contributed by atoms with Crippen LogP contribution in [0.3, 0.4) is 0 Å². The maximum absolute atomic E-state index is 4.20. The number of rotatable bonds is 3. The minimum Gasteiger partial charge on any atom is -0.359 e. The van der Waals surface area contributed by atoms with Gasteiger partial charge in [0.05, 0.1) is 6.54 Å². The molecule has 2 heterocycles. The first-order valence-corrected chi connectivity index (χ1v) is 4.89. The molecule has 0 fully saturated rings. The number of pyridine rings is 1. The van der Waals surface area contributed by atoms with Gasteiger partial charge in [-0.05, 0) is 24.1 Å². The van der Waals surface area contributed by atoms with Crippen LogP contribution >= 0.6 is 0 Å². The number of aryl methyl sites for hydroxylation is 1. The summed E-state index contributed by atoms with van der Waals surface area (Å²) in [4.78, 5) is 8.27. The fourth-order valence-electron chi connectivity index (χ4n) is 1.53. The Kier molecular flexibility index (Phi) is 2.67. The van der Waals surface area contributed by atoms with Crippen molar-refractivity contribution in [2.24, 2.45) is 0 Å². The molecule has 0 saturated heterocycles. The lowest BCUT2D eigenvalue weighted by molar-refractivity contribution is 0.798. The van der Waals surface area contributed by atoms with Crippen molar-refractivity contribution in [3.05, 3.63) is 42.0 Å². The summed E-state index contributed by atoms with van der Waals surface area (Å²) >= 11 is 0. The zero-order valence-electron chi connectivity index (χ0n) is 8.94. The molecule has 0 aromatic carbocycles. The Hall–Kier alpha value is -1.84. The molecule has 0 atom stereocenters. The van der Waals surface area contributed by atoms with E-state index in [0.717, 1.165) is 12.5 Å². The summed E-state index contributed by atoms with van der Waals surface area (Å²) in [6.07, 6.45) is 7.46.